The number of carbonyl (C=O) groups is 2. The van der Waals surface area contributed by atoms with Gasteiger partial charge in [0, 0.05) is 36.9 Å². The van der Waals surface area contributed by atoms with Crippen LogP contribution in [0.1, 0.15) is 36.3 Å². The van der Waals surface area contributed by atoms with Crippen molar-refractivity contribution in [2.75, 3.05) is 31.6 Å². The Morgan fingerprint density at radius 3 is 2.40 bits per heavy atom. The molecule has 0 aliphatic carbocycles. The molecule has 7 heteroatoms. The van der Waals surface area contributed by atoms with Gasteiger partial charge in [-0.15, -0.1) is 11.3 Å². The van der Waals surface area contributed by atoms with Gasteiger partial charge in [-0.1, -0.05) is 61.5 Å². The van der Waals surface area contributed by atoms with Gasteiger partial charge in [0.15, 0.2) is 0 Å². The highest BCUT2D eigenvalue weighted by atomic mass is 32.1. The zero-order chi connectivity index (χ0) is 24.9. The summed E-state index contributed by atoms with van der Waals surface area (Å²) in [6, 6.07) is 21.5. The molecule has 0 spiro atoms. The van der Waals surface area contributed by atoms with Gasteiger partial charge < -0.3 is 19.9 Å². The second-order valence-electron chi connectivity index (χ2n) is 8.23. The van der Waals surface area contributed by atoms with Gasteiger partial charge in [0.1, 0.15) is 6.54 Å². The van der Waals surface area contributed by atoms with Gasteiger partial charge in [0.05, 0.1) is 6.54 Å². The van der Waals surface area contributed by atoms with Crippen LogP contribution in [-0.2, 0) is 29.0 Å². The molecule has 0 atom stereocenters. The molecule has 0 unspecified atom stereocenters. The molecule has 2 aromatic carbocycles. The Labute approximate surface area is 212 Å². The summed E-state index contributed by atoms with van der Waals surface area (Å²) in [7, 11) is 0. The summed E-state index contributed by atoms with van der Waals surface area (Å²) in [5.74, 6) is -0.0856. The summed E-state index contributed by atoms with van der Waals surface area (Å²) >= 11 is 1.63. The zero-order valence-corrected chi connectivity index (χ0v) is 21.4. The number of anilines is 1. The predicted molar refractivity (Wildman–Crippen MR) is 143 cm³/mol. The van der Waals surface area contributed by atoms with Gasteiger partial charge in [-0.05, 0) is 48.4 Å². The quantitative estimate of drug-likeness (QED) is 0.306. The maximum Gasteiger partial charge on any atom is 0.322 e. The van der Waals surface area contributed by atoms with Crippen LogP contribution in [0, 0.1) is 0 Å². The smallest absolute Gasteiger partial charge is 0.322 e. The second kappa shape index (κ2) is 14.3. The van der Waals surface area contributed by atoms with Gasteiger partial charge in [-0.2, -0.15) is 0 Å². The number of hydrogen-bond donors (Lipinski definition) is 1. The van der Waals surface area contributed by atoms with Crippen molar-refractivity contribution in [1.29, 1.82) is 0 Å². The Morgan fingerprint density at radius 1 is 0.914 bits per heavy atom. The summed E-state index contributed by atoms with van der Waals surface area (Å²) in [4.78, 5) is 31.3. The highest BCUT2D eigenvalue weighted by molar-refractivity contribution is 7.09. The predicted octanol–water partition coefficient (Wildman–Crippen LogP) is 5.80. The first-order valence-electron chi connectivity index (χ1n) is 12.2. The minimum Gasteiger partial charge on any atom is -0.382 e. The fourth-order valence-corrected chi connectivity index (χ4v) is 4.51. The van der Waals surface area contributed by atoms with E-state index in [1.807, 2.05) is 83.9 Å². The number of nitrogens with zero attached hydrogens (tertiary/aromatic N) is 2. The standard InChI is InChI=1S/C28H35N3O3S/c1-3-24-14-8-9-16-26(24)29-28(33)30(17-11-18-34-4-2)22-27(32)31(21-25-15-10-19-35-25)20-23-12-6-5-7-13-23/h5-10,12-16,19H,3-4,11,17-18,20-22H2,1-2H3,(H,29,33). The summed E-state index contributed by atoms with van der Waals surface area (Å²) < 4.78 is 5.47. The normalized spacial score (nSPS) is 10.7. The van der Waals surface area contributed by atoms with E-state index in [2.05, 4.69) is 12.2 Å². The molecule has 1 N–H and O–H groups in total. The number of para-hydroxylation sites is 1. The zero-order valence-electron chi connectivity index (χ0n) is 20.6. The number of amides is 3. The first kappa shape index (κ1) is 26.4. The highest BCUT2D eigenvalue weighted by Gasteiger charge is 2.22. The number of benzene rings is 2. The lowest BCUT2D eigenvalue weighted by molar-refractivity contribution is -0.133. The lowest BCUT2D eigenvalue weighted by Crippen LogP contribution is -2.44. The number of rotatable bonds is 13. The van der Waals surface area contributed by atoms with Crippen LogP contribution >= 0.6 is 11.3 Å². The van der Waals surface area contributed by atoms with Crippen molar-refractivity contribution in [1.82, 2.24) is 9.80 Å². The average Bonchev–Trinajstić information content (AvgIpc) is 3.39. The molecule has 6 nitrogen and oxygen atoms in total. The second-order valence-corrected chi connectivity index (χ2v) is 9.26. The van der Waals surface area contributed by atoms with Gasteiger partial charge in [0.25, 0.3) is 0 Å². The summed E-state index contributed by atoms with van der Waals surface area (Å²) in [6.07, 6.45) is 1.47. The van der Waals surface area contributed by atoms with Crippen LogP contribution in [0.3, 0.4) is 0 Å². The molecule has 0 saturated heterocycles. The van der Waals surface area contributed by atoms with E-state index in [1.165, 1.54) is 0 Å². The Kier molecular flexibility index (Phi) is 10.8. The first-order valence-corrected chi connectivity index (χ1v) is 13.0. The van der Waals surface area contributed by atoms with E-state index < -0.39 is 0 Å². The molecule has 35 heavy (non-hydrogen) atoms. The van der Waals surface area contributed by atoms with Crippen molar-refractivity contribution < 1.29 is 14.3 Å². The number of nitrogens with one attached hydrogen (secondary N) is 1. The number of urea groups is 1. The van der Waals surface area contributed by atoms with Crippen LogP contribution in [0.4, 0.5) is 10.5 Å². The van der Waals surface area contributed by atoms with Crippen LogP contribution < -0.4 is 5.32 Å². The van der Waals surface area contributed by atoms with E-state index in [0.29, 0.717) is 39.3 Å². The van der Waals surface area contributed by atoms with E-state index in [-0.39, 0.29) is 18.5 Å². The lowest BCUT2D eigenvalue weighted by Gasteiger charge is -2.28. The third kappa shape index (κ3) is 8.53. The van der Waals surface area contributed by atoms with Crippen molar-refractivity contribution in [3.05, 3.63) is 88.1 Å². The van der Waals surface area contributed by atoms with E-state index in [0.717, 1.165) is 28.1 Å². The lowest BCUT2D eigenvalue weighted by atomic mass is 10.1. The highest BCUT2D eigenvalue weighted by Crippen LogP contribution is 2.18. The third-order valence-corrected chi connectivity index (χ3v) is 6.53. The maximum atomic E-state index is 13.5. The molecular weight excluding hydrogens is 458 g/mol. The van der Waals surface area contributed by atoms with Gasteiger partial charge in [-0.3, -0.25) is 4.79 Å². The molecule has 1 aromatic heterocycles. The fourth-order valence-electron chi connectivity index (χ4n) is 3.79. The summed E-state index contributed by atoms with van der Waals surface area (Å²) in [6.45, 7) is 6.61. The van der Waals surface area contributed by atoms with Crippen molar-refractivity contribution in [2.45, 2.75) is 39.8 Å². The summed E-state index contributed by atoms with van der Waals surface area (Å²) in [5, 5.41) is 5.03. The minimum atomic E-state index is -0.272. The van der Waals surface area contributed by atoms with E-state index in [9.17, 15) is 9.59 Å². The summed E-state index contributed by atoms with van der Waals surface area (Å²) in [5.41, 5.74) is 2.90. The van der Waals surface area contributed by atoms with E-state index in [4.69, 9.17) is 4.74 Å². The first-order chi connectivity index (χ1) is 17.1. The Bertz CT molecular complexity index is 1040. The molecule has 0 radical (unpaired) electrons. The van der Waals surface area contributed by atoms with Crippen molar-refractivity contribution in [3.8, 4) is 0 Å². The molecule has 1 heterocycles. The molecule has 0 fully saturated rings. The number of ether oxygens (including phenoxy) is 1. The van der Waals surface area contributed by atoms with Crippen molar-refractivity contribution >= 4 is 29.0 Å². The Balaban J connectivity index is 1.75. The molecule has 3 rings (SSSR count). The molecule has 3 amide bonds. The third-order valence-electron chi connectivity index (χ3n) is 5.67. The van der Waals surface area contributed by atoms with Crippen LogP contribution in [0.25, 0.3) is 0 Å². The van der Waals surface area contributed by atoms with E-state index >= 15 is 0 Å². The topological polar surface area (TPSA) is 61.9 Å². The number of aryl methyl sites for hydroxylation is 1. The SMILES string of the molecule is CCOCCCN(CC(=O)N(Cc1ccccc1)Cc1cccs1)C(=O)Nc1ccccc1CC. The number of thiophene rings is 1. The number of carbonyl (C=O) groups excluding carboxylic acids is 2. The van der Waals surface area contributed by atoms with Crippen LogP contribution in [0.5, 0.6) is 0 Å². The Hall–Kier alpha value is -3.16. The molecule has 186 valence electrons. The van der Waals surface area contributed by atoms with Crippen molar-refractivity contribution in [3.63, 3.8) is 0 Å². The molecule has 0 bridgehead atoms. The molecule has 3 aromatic rings. The van der Waals surface area contributed by atoms with Crippen LogP contribution in [0.15, 0.2) is 72.1 Å². The van der Waals surface area contributed by atoms with Crippen molar-refractivity contribution in [2.24, 2.45) is 0 Å². The number of hydrogen-bond acceptors (Lipinski definition) is 4. The molecule has 0 aliphatic rings. The van der Waals surface area contributed by atoms with Crippen LogP contribution in [0.2, 0.25) is 0 Å². The van der Waals surface area contributed by atoms with Gasteiger partial charge in [-0.25, -0.2) is 4.79 Å². The maximum absolute atomic E-state index is 13.5. The largest absolute Gasteiger partial charge is 0.382 e. The van der Waals surface area contributed by atoms with E-state index in [1.54, 1.807) is 16.2 Å². The Morgan fingerprint density at radius 2 is 1.69 bits per heavy atom. The molecule has 0 aliphatic heterocycles. The molecule has 0 saturated carbocycles. The monoisotopic (exact) mass is 493 g/mol. The van der Waals surface area contributed by atoms with Gasteiger partial charge in [0.2, 0.25) is 5.91 Å². The minimum absolute atomic E-state index is 0.00442. The fraction of sp³-hybridized carbons (Fsp3) is 0.357. The average molecular weight is 494 g/mol. The van der Waals surface area contributed by atoms with Gasteiger partial charge >= 0.3 is 6.03 Å². The van der Waals surface area contributed by atoms with Crippen LogP contribution in [-0.4, -0.2) is 48.0 Å². The molecular formula is C28H35N3O3S.